The van der Waals surface area contributed by atoms with Gasteiger partial charge in [0.25, 0.3) is 0 Å². The fourth-order valence-electron chi connectivity index (χ4n) is 1.83. The van der Waals surface area contributed by atoms with Crippen LogP contribution < -0.4 is 0 Å². The highest BCUT2D eigenvalue weighted by Crippen LogP contribution is 2.26. The molecule has 0 aromatic heterocycles. The van der Waals surface area contributed by atoms with Crippen molar-refractivity contribution in [1.82, 2.24) is 0 Å². The molecule has 2 heterocycles. The summed E-state index contributed by atoms with van der Waals surface area (Å²) in [6.45, 7) is 5.68. The first kappa shape index (κ1) is 8.48. The van der Waals surface area contributed by atoms with Gasteiger partial charge in [0, 0.05) is 6.61 Å². The molecule has 0 N–H and O–H groups in total. The van der Waals surface area contributed by atoms with Gasteiger partial charge in [-0.25, -0.2) is 0 Å². The third-order valence-electron chi connectivity index (χ3n) is 2.51. The van der Waals surface area contributed by atoms with Crippen molar-refractivity contribution in [3.63, 3.8) is 0 Å². The molecule has 0 aromatic rings. The van der Waals surface area contributed by atoms with Crippen LogP contribution >= 0.6 is 0 Å². The molecule has 3 heteroatoms. The summed E-state index contributed by atoms with van der Waals surface area (Å²) in [6.07, 6.45) is 1.49. The number of hydrogen-bond acceptors (Lipinski definition) is 3. The van der Waals surface area contributed by atoms with E-state index in [4.69, 9.17) is 14.2 Å². The Hall–Kier alpha value is -0.120. The summed E-state index contributed by atoms with van der Waals surface area (Å²) >= 11 is 0. The normalized spacial score (nSPS) is 48.5. The third kappa shape index (κ3) is 1.63. The minimum absolute atomic E-state index is 0.0554. The molecule has 4 atom stereocenters. The molecule has 0 spiro atoms. The van der Waals surface area contributed by atoms with Crippen LogP contribution in [0, 0.1) is 5.92 Å². The summed E-state index contributed by atoms with van der Waals surface area (Å²) in [5, 5.41) is 0. The van der Waals surface area contributed by atoms with Crippen LogP contribution in [-0.2, 0) is 14.2 Å². The Morgan fingerprint density at radius 3 is 2.67 bits per heavy atom. The van der Waals surface area contributed by atoms with E-state index in [1.54, 1.807) is 0 Å². The number of hydrogen-bond donors (Lipinski definition) is 0. The molecule has 0 bridgehead atoms. The molecule has 3 nitrogen and oxygen atoms in total. The van der Waals surface area contributed by atoms with Crippen molar-refractivity contribution in [1.29, 1.82) is 0 Å². The predicted octanol–water partition coefficient (Wildman–Crippen LogP) is 1.17. The van der Waals surface area contributed by atoms with Crippen molar-refractivity contribution >= 4 is 0 Å². The van der Waals surface area contributed by atoms with Gasteiger partial charge in [-0.3, -0.25) is 0 Å². The monoisotopic (exact) mass is 172 g/mol. The Bertz CT molecular complexity index is 144. The summed E-state index contributed by atoms with van der Waals surface area (Å²) in [4.78, 5) is 0. The molecular formula is C9H16O3. The molecule has 0 saturated carbocycles. The Morgan fingerprint density at radius 2 is 1.83 bits per heavy atom. The van der Waals surface area contributed by atoms with E-state index in [-0.39, 0.29) is 18.5 Å². The molecule has 2 rings (SSSR count). The van der Waals surface area contributed by atoms with Crippen LogP contribution in [0.1, 0.15) is 20.3 Å². The van der Waals surface area contributed by atoms with Gasteiger partial charge in [0.1, 0.15) is 6.10 Å². The van der Waals surface area contributed by atoms with Gasteiger partial charge in [-0.15, -0.1) is 0 Å². The van der Waals surface area contributed by atoms with E-state index in [0.717, 1.165) is 13.0 Å². The van der Waals surface area contributed by atoms with E-state index >= 15 is 0 Å². The van der Waals surface area contributed by atoms with E-state index in [1.165, 1.54) is 0 Å². The average molecular weight is 172 g/mol. The van der Waals surface area contributed by atoms with Gasteiger partial charge in [0.2, 0.25) is 0 Å². The van der Waals surface area contributed by atoms with E-state index < -0.39 is 0 Å². The van der Waals surface area contributed by atoms with Crippen LogP contribution in [0.2, 0.25) is 0 Å². The van der Waals surface area contributed by atoms with Crippen molar-refractivity contribution in [2.75, 3.05) is 13.2 Å². The second-order valence-electron chi connectivity index (χ2n) is 3.79. The smallest absolute Gasteiger partial charge is 0.155 e. The second kappa shape index (κ2) is 3.32. The average Bonchev–Trinajstić information content (AvgIpc) is 2.03. The molecule has 2 aliphatic rings. The highest BCUT2D eigenvalue weighted by atomic mass is 16.7. The maximum Gasteiger partial charge on any atom is 0.155 e. The van der Waals surface area contributed by atoms with Crippen LogP contribution in [0.15, 0.2) is 0 Å². The third-order valence-corrected chi connectivity index (χ3v) is 2.51. The number of fused-ring (bicyclic) bond motifs is 1. The molecule has 2 saturated heterocycles. The second-order valence-corrected chi connectivity index (χ2v) is 3.79. The van der Waals surface area contributed by atoms with Gasteiger partial charge in [-0.1, -0.05) is 6.92 Å². The molecule has 0 amide bonds. The highest BCUT2D eigenvalue weighted by molar-refractivity contribution is 4.80. The van der Waals surface area contributed by atoms with E-state index in [0.29, 0.717) is 12.5 Å². The number of rotatable bonds is 0. The van der Waals surface area contributed by atoms with Crippen molar-refractivity contribution in [3.05, 3.63) is 0 Å². The minimum Gasteiger partial charge on any atom is -0.373 e. The zero-order valence-electron chi connectivity index (χ0n) is 7.66. The van der Waals surface area contributed by atoms with Crippen molar-refractivity contribution in [3.8, 4) is 0 Å². The Morgan fingerprint density at radius 1 is 1.00 bits per heavy atom. The van der Waals surface area contributed by atoms with E-state index in [9.17, 15) is 0 Å². The lowest BCUT2D eigenvalue weighted by molar-refractivity contribution is -0.272. The van der Waals surface area contributed by atoms with Gasteiger partial charge in [-0.2, -0.15) is 0 Å². The SMILES string of the molecule is CC1OC[C@H]2OC[C@@H](C)C[C@@H]2O1. The Balaban J connectivity index is 1.94. The lowest BCUT2D eigenvalue weighted by Gasteiger charge is -2.40. The van der Waals surface area contributed by atoms with Crippen LogP contribution in [0.4, 0.5) is 0 Å². The molecule has 0 aliphatic carbocycles. The van der Waals surface area contributed by atoms with E-state index in [2.05, 4.69) is 6.92 Å². The lowest BCUT2D eigenvalue weighted by atomic mass is 9.97. The molecule has 2 fully saturated rings. The summed E-state index contributed by atoms with van der Waals surface area (Å²) in [7, 11) is 0. The van der Waals surface area contributed by atoms with Crippen LogP contribution in [0.25, 0.3) is 0 Å². The molecule has 0 radical (unpaired) electrons. The first-order chi connectivity index (χ1) is 5.75. The van der Waals surface area contributed by atoms with Gasteiger partial charge in [-0.05, 0) is 19.3 Å². The molecular weight excluding hydrogens is 156 g/mol. The summed E-state index contributed by atoms with van der Waals surface area (Å²) in [5.41, 5.74) is 0. The van der Waals surface area contributed by atoms with Gasteiger partial charge in [0.15, 0.2) is 6.29 Å². The highest BCUT2D eigenvalue weighted by Gasteiger charge is 2.35. The number of ether oxygens (including phenoxy) is 3. The van der Waals surface area contributed by atoms with Gasteiger partial charge >= 0.3 is 0 Å². The standard InChI is InChI=1S/C9H16O3/c1-6-3-8-9(11-4-6)5-10-7(2)12-8/h6-9H,3-5H2,1-2H3/t6-,7?,8-,9+/m0/s1. The summed E-state index contributed by atoms with van der Waals surface area (Å²) in [5.74, 6) is 0.622. The van der Waals surface area contributed by atoms with Gasteiger partial charge in [0.05, 0.1) is 12.7 Å². The van der Waals surface area contributed by atoms with Crippen LogP contribution in [-0.4, -0.2) is 31.7 Å². The Labute approximate surface area is 73.0 Å². The zero-order valence-corrected chi connectivity index (χ0v) is 7.66. The molecule has 12 heavy (non-hydrogen) atoms. The fourth-order valence-corrected chi connectivity index (χ4v) is 1.83. The lowest BCUT2D eigenvalue weighted by Crippen LogP contribution is -2.48. The summed E-state index contributed by atoms with van der Waals surface area (Å²) in [6, 6.07) is 0. The van der Waals surface area contributed by atoms with Gasteiger partial charge < -0.3 is 14.2 Å². The maximum atomic E-state index is 5.61. The van der Waals surface area contributed by atoms with Crippen LogP contribution in [0.5, 0.6) is 0 Å². The van der Waals surface area contributed by atoms with Crippen LogP contribution in [0.3, 0.4) is 0 Å². The van der Waals surface area contributed by atoms with Crippen molar-refractivity contribution < 1.29 is 14.2 Å². The maximum absolute atomic E-state index is 5.61. The first-order valence-corrected chi connectivity index (χ1v) is 4.64. The molecule has 2 aliphatic heterocycles. The van der Waals surface area contributed by atoms with E-state index in [1.807, 2.05) is 6.92 Å². The van der Waals surface area contributed by atoms with Crippen molar-refractivity contribution in [2.45, 2.75) is 38.8 Å². The molecule has 1 unspecified atom stereocenters. The fraction of sp³-hybridized carbons (Fsp3) is 1.00. The minimum atomic E-state index is -0.0554. The Kier molecular flexibility index (Phi) is 2.35. The topological polar surface area (TPSA) is 27.7 Å². The largest absolute Gasteiger partial charge is 0.373 e. The predicted molar refractivity (Wildman–Crippen MR) is 43.8 cm³/mol. The zero-order chi connectivity index (χ0) is 8.55. The first-order valence-electron chi connectivity index (χ1n) is 4.64. The quantitative estimate of drug-likeness (QED) is 0.549. The van der Waals surface area contributed by atoms with Crippen molar-refractivity contribution in [2.24, 2.45) is 5.92 Å². The molecule has 0 aromatic carbocycles. The molecule has 70 valence electrons. The summed E-state index contributed by atoms with van der Waals surface area (Å²) < 4.78 is 16.5.